The third-order valence-corrected chi connectivity index (χ3v) is 2.80. The summed E-state index contributed by atoms with van der Waals surface area (Å²) in [6.45, 7) is 4.69. The lowest BCUT2D eigenvalue weighted by Gasteiger charge is -2.12. The van der Waals surface area contributed by atoms with Crippen LogP contribution in [0.25, 0.3) is 0 Å². The Morgan fingerprint density at radius 3 is 2.89 bits per heavy atom. The molecule has 3 nitrogen and oxygen atoms in total. The molecule has 1 aromatic rings. The van der Waals surface area contributed by atoms with Gasteiger partial charge in [-0.25, -0.2) is 0 Å². The number of unbranched alkanes of at least 4 members (excludes halogenated alkanes) is 1. The summed E-state index contributed by atoms with van der Waals surface area (Å²) in [7, 11) is 0. The third-order valence-electron chi connectivity index (χ3n) is 2.56. The molecule has 102 valence electrons. The van der Waals surface area contributed by atoms with Crippen LogP contribution in [-0.2, 0) is 6.54 Å². The minimum atomic E-state index is 0.254. The van der Waals surface area contributed by atoms with Crippen molar-refractivity contribution in [1.29, 1.82) is 0 Å². The van der Waals surface area contributed by atoms with Crippen molar-refractivity contribution in [3.05, 3.63) is 28.8 Å². The van der Waals surface area contributed by atoms with E-state index >= 15 is 0 Å². The molecule has 1 rings (SSSR count). The topological polar surface area (TPSA) is 41.5 Å². The van der Waals surface area contributed by atoms with Crippen molar-refractivity contribution in [3.63, 3.8) is 0 Å². The smallest absolute Gasteiger partial charge is 0.123 e. The van der Waals surface area contributed by atoms with Gasteiger partial charge in [0.25, 0.3) is 0 Å². The van der Waals surface area contributed by atoms with Crippen LogP contribution < -0.4 is 10.1 Å². The molecule has 0 amide bonds. The van der Waals surface area contributed by atoms with Crippen LogP contribution in [0, 0.1) is 0 Å². The van der Waals surface area contributed by atoms with Crippen LogP contribution in [0.5, 0.6) is 5.75 Å². The van der Waals surface area contributed by atoms with E-state index in [2.05, 4.69) is 12.2 Å². The molecule has 0 saturated heterocycles. The summed E-state index contributed by atoms with van der Waals surface area (Å²) in [4.78, 5) is 0. The van der Waals surface area contributed by atoms with Crippen LogP contribution in [-0.4, -0.2) is 24.9 Å². The molecule has 0 aromatic heterocycles. The number of aliphatic hydroxyl groups excluding tert-OH is 1. The number of benzene rings is 1. The molecule has 18 heavy (non-hydrogen) atoms. The van der Waals surface area contributed by atoms with Crippen LogP contribution in [0.4, 0.5) is 0 Å². The first-order chi connectivity index (χ1) is 8.77. The van der Waals surface area contributed by atoms with Gasteiger partial charge in [0.1, 0.15) is 5.75 Å². The van der Waals surface area contributed by atoms with Gasteiger partial charge >= 0.3 is 0 Å². The van der Waals surface area contributed by atoms with Crippen LogP contribution in [0.2, 0.25) is 5.02 Å². The highest BCUT2D eigenvalue weighted by Gasteiger charge is 2.04. The summed E-state index contributed by atoms with van der Waals surface area (Å²) in [5.74, 6) is 0.899. The van der Waals surface area contributed by atoms with Gasteiger partial charge in [0.15, 0.2) is 0 Å². The minimum Gasteiger partial charge on any atom is -0.493 e. The van der Waals surface area contributed by atoms with E-state index in [9.17, 15) is 0 Å². The Bertz CT molecular complexity index is 345. The van der Waals surface area contributed by atoms with E-state index in [1.807, 2.05) is 18.2 Å². The quantitative estimate of drug-likeness (QED) is 0.679. The Kier molecular flexibility index (Phi) is 7.81. The fraction of sp³-hybridized carbons (Fsp3) is 0.571. The molecule has 0 atom stereocenters. The molecule has 2 N–H and O–H groups in total. The highest BCUT2D eigenvalue weighted by Crippen LogP contribution is 2.23. The lowest BCUT2D eigenvalue weighted by molar-refractivity contribution is 0.283. The lowest BCUT2D eigenvalue weighted by atomic mass is 10.2. The maximum absolute atomic E-state index is 8.70. The van der Waals surface area contributed by atoms with Crippen molar-refractivity contribution in [3.8, 4) is 5.75 Å². The molecule has 0 spiro atoms. The summed E-state index contributed by atoms with van der Waals surface area (Å²) < 4.78 is 5.68. The van der Waals surface area contributed by atoms with E-state index in [4.69, 9.17) is 21.4 Å². The molecule has 0 bridgehead atoms. The molecule has 0 aliphatic carbocycles. The van der Waals surface area contributed by atoms with Gasteiger partial charge < -0.3 is 15.2 Å². The second-order valence-electron chi connectivity index (χ2n) is 4.21. The van der Waals surface area contributed by atoms with Crippen LogP contribution in [0.1, 0.15) is 31.7 Å². The average molecular weight is 272 g/mol. The van der Waals surface area contributed by atoms with E-state index in [1.54, 1.807) is 0 Å². The van der Waals surface area contributed by atoms with Gasteiger partial charge in [-0.1, -0.05) is 18.5 Å². The number of nitrogens with one attached hydrogen (secondary N) is 1. The number of aliphatic hydroxyl groups is 1. The van der Waals surface area contributed by atoms with Gasteiger partial charge in [0.2, 0.25) is 0 Å². The number of halogens is 1. The lowest BCUT2D eigenvalue weighted by Crippen LogP contribution is -2.16. The predicted octanol–water partition coefficient (Wildman–Crippen LogP) is 2.99. The second-order valence-corrected chi connectivity index (χ2v) is 4.64. The predicted molar refractivity (Wildman–Crippen MR) is 75.3 cm³/mol. The molecule has 0 unspecified atom stereocenters. The summed E-state index contributed by atoms with van der Waals surface area (Å²) in [5, 5.41) is 12.8. The number of rotatable bonds is 9. The Labute approximate surface area is 114 Å². The van der Waals surface area contributed by atoms with Crippen LogP contribution in [0.15, 0.2) is 18.2 Å². The minimum absolute atomic E-state index is 0.254. The summed E-state index contributed by atoms with van der Waals surface area (Å²) >= 11 is 6.00. The van der Waals surface area contributed by atoms with E-state index < -0.39 is 0 Å². The van der Waals surface area contributed by atoms with Crippen molar-refractivity contribution in [2.75, 3.05) is 19.8 Å². The third kappa shape index (κ3) is 5.71. The average Bonchev–Trinajstić information content (AvgIpc) is 2.37. The van der Waals surface area contributed by atoms with E-state index in [-0.39, 0.29) is 6.61 Å². The molecule has 0 saturated carbocycles. The summed E-state index contributed by atoms with van der Waals surface area (Å²) in [5.41, 5.74) is 1.08. The van der Waals surface area contributed by atoms with E-state index in [0.29, 0.717) is 0 Å². The molecule has 0 fully saturated rings. The maximum Gasteiger partial charge on any atom is 0.123 e. The zero-order valence-corrected chi connectivity index (χ0v) is 11.7. The zero-order valence-electron chi connectivity index (χ0n) is 10.9. The molecule has 0 aliphatic heterocycles. The second kappa shape index (κ2) is 9.20. The van der Waals surface area contributed by atoms with Gasteiger partial charge in [-0.05, 0) is 44.0 Å². The van der Waals surface area contributed by atoms with Gasteiger partial charge in [-0.15, -0.1) is 0 Å². The largest absolute Gasteiger partial charge is 0.493 e. The SMILES string of the molecule is CCCOc1ccc(Cl)cc1CNCCCCO. The molecular formula is C14H22ClNO2. The van der Waals surface area contributed by atoms with Gasteiger partial charge in [-0.3, -0.25) is 0 Å². The van der Waals surface area contributed by atoms with Gasteiger partial charge in [-0.2, -0.15) is 0 Å². The molecule has 4 heteroatoms. The van der Waals surface area contributed by atoms with Gasteiger partial charge in [0, 0.05) is 23.7 Å². The first-order valence-electron chi connectivity index (χ1n) is 6.50. The first-order valence-corrected chi connectivity index (χ1v) is 6.88. The molecule has 0 radical (unpaired) electrons. The van der Waals surface area contributed by atoms with Crippen molar-refractivity contribution in [2.45, 2.75) is 32.7 Å². The highest BCUT2D eigenvalue weighted by atomic mass is 35.5. The molecule has 0 heterocycles. The fourth-order valence-electron chi connectivity index (χ4n) is 1.62. The van der Waals surface area contributed by atoms with Crippen molar-refractivity contribution in [2.24, 2.45) is 0 Å². The number of ether oxygens (including phenoxy) is 1. The monoisotopic (exact) mass is 271 g/mol. The molecular weight excluding hydrogens is 250 g/mol. The van der Waals surface area contributed by atoms with Gasteiger partial charge in [0.05, 0.1) is 6.61 Å². The molecule has 1 aromatic carbocycles. The van der Waals surface area contributed by atoms with Crippen LogP contribution in [0.3, 0.4) is 0 Å². The van der Waals surface area contributed by atoms with E-state index in [0.717, 1.165) is 55.3 Å². The van der Waals surface area contributed by atoms with Crippen LogP contribution >= 0.6 is 11.6 Å². The Hall–Kier alpha value is -0.770. The standard InChI is InChI=1S/C14H22ClNO2/c1-2-9-18-14-6-5-13(15)10-12(14)11-16-7-3-4-8-17/h5-6,10,16-17H,2-4,7-9,11H2,1H3. The summed E-state index contributed by atoms with van der Waals surface area (Å²) in [6, 6.07) is 5.70. The Morgan fingerprint density at radius 2 is 2.17 bits per heavy atom. The normalized spacial score (nSPS) is 10.6. The maximum atomic E-state index is 8.70. The van der Waals surface area contributed by atoms with Crippen molar-refractivity contribution < 1.29 is 9.84 Å². The zero-order chi connectivity index (χ0) is 13.2. The van der Waals surface area contributed by atoms with Crippen molar-refractivity contribution in [1.82, 2.24) is 5.32 Å². The fourth-order valence-corrected chi connectivity index (χ4v) is 1.82. The number of hydrogen-bond acceptors (Lipinski definition) is 3. The first kappa shape index (κ1) is 15.3. The number of hydrogen-bond donors (Lipinski definition) is 2. The summed E-state index contributed by atoms with van der Waals surface area (Å²) in [6.07, 6.45) is 2.80. The highest BCUT2D eigenvalue weighted by molar-refractivity contribution is 6.30. The Balaban J connectivity index is 2.47. The van der Waals surface area contributed by atoms with E-state index in [1.165, 1.54) is 0 Å². The molecule has 0 aliphatic rings. The Morgan fingerprint density at radius 1 is 1.33 bits per heavy atom. The van der Waals surface area contributed by atoms with Crippen molar-refractivity contribution >= 4 is 11.6 Å².